The number of carbonyl (C=O) groups excluding carboxylic acids is 1. The highest BCUT2D eigenvalue weighted by atomic mass is 32.1. The first-order valence-corrected chi connectivity index (χ1v) is 5.68. The molecule has 15 heavy (non-hydrogen) atoms. The quantitative estimate of drug-likeness (QED) is 0.694. The van der Waals surface area contributed by atoms with Crippen LogP contribution in [0.1, 0.15) is 26.7 Å². The van der Waals surface area contributed by atoms with E-state index in [2.05, 4.69) is 12.6 Å². The molecule has 86 valence electrons. The van der Waals surface area contributed by atoms with Crippen molar-refractivity contribution in [2.24, 2.45) is 5.92 Å². The second kappa shape index (κ2) is 4.43. The molecule has 0 aromatic heterocycles. The Balaban J connectivity index is 2.72. The van der Waals surface area contributed by atoms with Crippen LogP contribution in [0.2, 0.25) is 0 Å². The Kier molecular flexibility index (Phi) is 3.65. The number of nitrogens with zero attached hydrogens (tertiary/aromatic N) is 1. The maximum atomic E-state index is 11.9. The summed E-state index contributed by atoms with van der Waals surface area (Å²) in [5, 5.41) is 8.77. The van der Waals surface area contributed by atoms with Gasteiger partial charge < -0.3 is 10.0 Å². The fourth-order valence-electron chi connectivity index (χ4n) is 1.47. The van der Waals surface area contributed by atoms with E-state index >= 15 is 0 Å². The number of rotatable bonds is 5. The molecule has 0 aromatic rings. The van der Waals surface area contributed by atoms with Crippen LogP contribution in [0.3, 0.4) is 0 Å². The smallest absolute Gasteiger partial charge is 0.323 e. The van der Waals surface area contributed by atoms with Crippen molar-refractivity contribution in [3.63, 3.8) is 0 Å². The molecule has 1 amide bonds. The third kappa shape index (κ3) is 2.87. The van der Waals surface area contributed by atoms with E-state index in [1.54, 1.807) is 6.92 Å². The molecule has 0 heterocycles. The van der Waals surface area contributed by atoms with Crippen molar-refractivity contribution in [3.05, 3.63) is 0 Å². The Morgan fingerprint density at radius 2 is 2.07 bits per heavy atom. The molecular formula is C10H17NO3S. The zero-order valence-corrected chi connectivity index (χ0v) is 9.96. The van der Waals surface area contributed by atoms with Crippen molar-refractivity contribution in [1.29, 1.82) is 0 Å². The first-order valence-electron chi connectivity index (χ1n) is 5.05. The molecule has 1 fully saturated rings. The summed E-state index contributed by atoms with van der Waals surface area (Å²) in [5.41, 5.74) is -0.229. The van der Waals surface area contributed by atoms with Gasteiger partial charge in [-0.3, -0.25) is 9.59 Å². The van der Waals surface area contributed by atoms with E-state index in [1.807, 2.05) is 6.92 Å². The lowest BCUT2D eigenvalue weighted by Crippen LogP contribution is -2.46. The molecule has 0 bridgehead atoms. The number of hydrogen-bond donors (Lipinski definition) is 2. The molecule has 0 saturated heterocycles. The molecule has 1 N–H and O–H groups in total. The summed E-state index contributed by atoms with van der Waals surface area (Å²) in [7, 11) is 0. The van der Waals surface area contributed by atoms with Crippen molar-refractivity contribution in [3.8, 4) is 0 Å². The summed E-state index contributed by atoms with van der Waals surface area (Å²) >= 11 is 4.06. The largest absolute Gasteiger partial charge is 0.480 e. The van der Waals surface area contributed by atoms with Crippen molar-refractivity contribution in [2.45, 2.75) is 32.2 Å². The van der Waals surface area contributed by atoms with Gasteiger partial charge in [0.2, 0.25) is 5.91 Å². The summed E-state index contributed by atoms with van der Waals surface area (Å²) in [6.07, 6.45) is 1.79. The molecule has 0 aliphatic heterocycles. The molecule has 1 aliphatic rings. The second-order valence-electron chi connectivity index (χ2n) is 4.40. The molecule has 1 saturated carbocycles. The molecular weight excluding hydrogens is 214 g/mol. The van der Waals surface area contributed by atoms with Crippen LogP contribution in [0, 0.1) is 5.92 Å². The van der Waals surface area contributed by atoms with Gasteiger partial charge in [0.15, 0.2) is 0 Å². The van der Waals surface area contributed by atoms with Gasteiger partial charge in [-0.05, 0) is 19.8 Å². The van der Waals surface area contributed by atoms with Gasteiger partial charge in [0.1, 0.15) is 6.54 Å². The first-order chi connectivity index (χ1) is 6.90. The van der Waals surface area contributed by atoms with E-state index in [0.717, 1.165) is 12.8 Å². The van der Waals surface area contributed by atoms with E-state index < -0.39 is 5.97 Å². The highest BCUT2D eigenvalue weighted by Gasteiger charge is 2.46. The SMILES string of the molecule is CC(CS)C(=O)N(CC(=O)O)C1(C)CC1. The zero-order chi connectivity index (χ0) is 11.6. The predicted molar refractivity (Wildman–Crippen MR) is 60.0 cm³/mol. The third-order valence-electron chi connectivity index (χ3n) is 2.88. The van der Waals surface area contributed by atoms with E-state index in [1.165, 1.54) is 4.90 Å². The Labute approximate surface area is 95.1 Å². The number of hydrogen-bond acceptors (Lipinski definition) is 3. The van der Waals surface area contributed by atoms with Crippen LogP contribution >= 0.6 is 12.6 Å². The minimum atomic E-state index is -0.956. The van der Waals surface area contributed by atoms with Crippen molar-refractivity contribution in [1.82, 2.24) is 4.90 Å². The van der Waals surface area contributed by atoms with Gasteiger partial charge in [0, 0.05) is 17.2 Å². The lowest BCUT2D eigenvalue weighted by atomic mass is 10.1. The molecule has 1 rings (SSSR count). The highest BCUT2D eigenvalue weighted by molar-refractivity contribution is 7.80. The van der Waals surface area contributed by atoms with Gasteiger partial charge in [-0.25, -0.2) is 0 Å². The van der Waals surface area contributed by atoms with Crippen LogP contribution in [0.25, 0.3) is 0 Å². The van der Waals surface area contributed by atoms with Crippen LogP contribution in [0.15, 0.2) is 0 Å². The van der Waals surface area contributed by atoms with Crippen molar-refractivity contribution in [2.75, 3.05) is 12.3 Å². The number of carboxylic acid groups (broad SMARTS) is 1. The monoisotopic (exact) mass is 231 g/mol. The maximum absolute atomic E-state index is 11.9. The summed E-state index contributed by atoms with van der Waals surface area (Å²) in [4.78, 5) is 24.1. The molecule has 1 unspecified atom stereocenters. The fourth-order valence-corrected chi connectivity index (χ4v) is 1.62. The fraction of sp³-hybridized carbons (Fsp3) is 0.800. The minimum Gasteiger partial charge on any atom is -0.480 e. The van der Waals surface area contributed by atoms with Crippen LogP contribution < -0.4 is 0 Å². The Morgan fingerprint density at radius 3 is 2.40 bits per heavy atom. The standard InChI is InChI=1S/C10H17NO3S/c1-7(6-15)9(14)11(5-8(12)13)10(2)3-4-10/h7,15H,3-6H2,1-2H3,(H,12,13). The lowest BCUT2D eigenvalue weighted by Gasteiger charge is -2.29. The van der Waals surface area contributed by atoms with E-state index in [4.69, 9.17) is 5.11 Å². The maximum Gasteiger partial charge on any atom is 0.323 e. The average molecular weight is 231 g/mol. The minimum absolute atomic E-state index is 0.104. The van der Waals surface area contributed by atoms with Gasteiger partial charge >= 0.3 is 5.97 Å². The summed E-state index contributed by atoms with van der Waals surface area (Å²) in [5.74, 6) is -0.828. The van der Waals surface area contributed by atoms with Gasteiger partial charge in [-0.15, -0.1) is 0 Å². The molecule has 0 spiro atoms. The zero-order valence-electron chi connectivity index (χ0n) is 9.06. The van der Waals surface area contributed by atoms with Crippen LogP contribution in [-0.2, 0) is 9.59 Å². The topological polar surface area (TPSA) is 57.6 Å². The average Bonchev–Trinajstić information content (AvgIpc) is 2.91. The Bertz CT molecular complexity index is 276. The highest BCUT2D eigenvalue weighted by Crippen LogP contribution is 2.41. The summed E-state index contributed by atoms with van der Waals surface area (Å²) < 4.78 is 0. The first kappa shape index (κ1) is 12.4. The van der Waals surface area contributed by atoms with Gasteiger partial charge in [-0.1, -0.05) is 6.92 Å². The van der Waals surface area contributed by atoms with E-state index in [9.17, 15) is 9.59 Å². The van der Waals surface area contributed by atoms with Gasteiger partial charge in [0.05, 0.1) is 0 Å². The molecule has 0 aromatic carbocycles. The number of carboxylic acids is 1. The van der Waals surface area contributed by atoms with Crippen LogP contribution in [0.4, 0.5) is 0 Å². The Hall–Kier alpha value is -0.710. The van der Waals surface area contributed by atoms with Gasteiger partial charge in [-0.2, -0.15) is 12.6 Å². The molecule has 1 atom stereocenters. The van der Waals surface area contributed by atoms with E-state index in [0.29, 0.717) is 5.75 Å². The van der Waals surface area contributed by atoms with Gasteiger partial charge in [0.25, 0.3) is 0 Å². The number of amides is 1. The number of aliphatic carboxylic acids is 1. The van der Waals surface area contributed by atoms with Crippen LogP contribution in [0.5, 0.6) is 0 Å². The number of carbonyl (C=O) groups is 2. The summed E-state index contributed by atoms with van der Waals surface area (Å²) in [6, 6.07) is 0. The molecule has 5 heteroatoms. The normalized spacial score (nSPS) is 19.4. The lowest BCUT2D eigenvalue weighted by molar-refractivity contribution is -0.148. The summed E-state index contributed by atoms with van der Waals surface area (Å²) in [6.45, 7) is 3.50. The number of thiol groups is 1. The van der Waals surface area contributed by atoms with Crippen LogP contribution in [-0.4, -0.2) is 39.7 Å². The van der Waals surface area contributed by atoms with E-state index in [-0.39, 0.29) is 23.9 Å². The predicted octanol–water partition coefficient (Wildman–Crippen LogP) is 1.02. The second-order valence-corrected chi connectivity index (χ2v) is 4.76. The molecule has 0 radical (unpaired) electrons. The van der Waals surface area contributed by atoms with Crippen molar-refractivity contribution >= 4 is 24.5 Å². The molecule has 4 nitrogen and oxygen atoms in total. The Morgan fingerprint density at radius 1 is 1.53 bits per heavy atom. The van der Waals surface area contributed by atoms with Crippen molar-refractivity contribution < 1.29 is 14.7 Å². The molecule has 1 aliphatic carbocycles. The third-order valence-corrected chi connectivity index (χ3v) is 3.43.